The van der Waals surface area contributed by atoms with Gasteiger partial charge in [-0.1, -0.05) is 44.7 Å². The minimum Gasteiger partial charge on any atom is -0.429 e. The Balaban J connectivity index is 1.26. The zero-order chi connectivity index (χ0) is 35.7. The predicted octanol–water partition coefficient (Wildman–Crippen LogP) is 12.5. The van der Waals surface area contributed by atoms with Crippen molar-refractivity contribution in [2.24, 2.45) is 17.8 Å². The molecular weight excluding hydrogens is 673 g/mol. The molecule has 2 fully saturated rings. The molecule has 0 spiro atoms. The van der Waals surface area contributed by atoms with E-state index < -0.39 is 69.9 Å². The van der Waals surface area contributed by atoms with E-state index in [2.05, 4.69) is 16.4 Å². The second kappa shape index (κ2) is 14.5. The van der Waals surface area contributed by atoms with Crippen LogP contribution >= 0.6 is 0 Å². The number of halogens is 11. The number of benzene rings is 3. The maximum atomic E-state index is 15.1. The summed E-state index contributed by atoms with van der Waals surface area (Å²) in [6, 6.07) is 4.45. The Morgan fingerprint density at radius 2 is 1.14 bits per heavy atom. The maximum absolute atomic E-state index is 15.1. The molecule has 0 saturated heterocycles. The summed E-state index contributed by atoms with van der Waals surface area (Å²) in [5.74, 6) is -5.64. The molecule has 2 saturated carbocycles. The van der Waals surface area contributed by atoms with E-state index in [1.807, 2.05) is 0 Å². The molecule has 0 aliphatic heterocycles. The second-order valence-electron chi connectivity index (χ2n) is 13.1. The molecule has 0 heterocycles. The molecule has 3 aromatic carbocycles. The van der Waals surface area contributed by atoms with Crippen molar-refractivity contribution in [2.75, 3.05) is 0 Å². The van der Waals surface area contributed by atoms with Crippen LogP contribution in [0, 0.1) is 41.0 Å². The molecular formula is C36H35F11O2. The van der Waals surface area contributed by atoms with Gasteiger partial charge in [0.2, 0.25) is 0 Å². The average Bonchev–Trinajstić information content (AvgIpc) is 3.00. The van der Waals surface area contributed by atoms with Gasteiger partial charge in [-0.25, -0.2) is 22.3 Å². The van der Waals surface area contributed by atoms with E-state index in [0.29, 0.717) is 61.1 Å². The van der Waals surface area contributed by atoms with Gasteiger partial charge in [-0.15, -0.1) is 13.2 Å². The molecule has 0 aromatic heterocycles. The molecule has 0 atom stereocenters. The molecule has 0 bridgehead atoms. The zero-order valence-corrected chi connectivity index (χ0v) is 26.5. The minimum absolute atomic E-state index is 0.214. The number of hydrogen-bond donors (Lipinski definition) is 0. The fourth-order valence-electron chi connectivity index (χ4n) is 7.51. The molecule has 0 amide bonds. The van der Waals surface area contributed by atoms with Crippen molar-refractivity contribution in [3.8, 4) is 16.9 Å². The molecule has 3 aromatic rings. The fourth-order valence-corrected chi connectivity index (χ4v) is 7.51. The highest BCUT2D eigenvalue weighted by Gasteiger charge is 2.46. The van der Waals surface area contributed by atoms with Crippen LogP contribution in [-0.4, -0.2) is 6.36 Å². The second-order valence-corrected chi connectivity index (χ2v) is 13.1. The number of ether oxygens (including phenoxy) is 2. The van der Waals surface area contributed by atoms with Gasteiger partial charge in [-0.2, -0.15) is 17.6 Å². The van der Waals surface area contributed by atoms with Crippen LogP contribution in [0.25, 0.3) is 11.1 Å². The standard InChI is InChI=1S/C36H35F11O2/c1-2-3-20-4-6-21(7-5-20)22-8-10-23(11-9-22)25-16-30(39)33(31(40)17-25)35(43,44)48-27-18-28(37)32(29(38)19-27)24-12-14-26(15-13-24)34(41,42)49-36(45,46)47/h12-23H,2-11H2,1H3. The Kier molecular flexibility index (Phi) is 10.9. The first-order valence-electron chi connectivity index (χ1n) is 16.3. The van der Waals surface area contributed by atoms with Crippen molar-refractivity contribution in [3.05, 3.63) is 88.5 Å². The Morgan fingerprint density at radius 1 is 0.633 bits per heavy atom. The topological polar surface area (TPSA) is 18.5 Å². The molecule has 2 aliphatic carbocycles. The smallest absolute Gasteiger partial charge is 0.429 e. The highest BCUT2D eigenvalue weighted by atomic mass is 19.4. The lowest BCUT2D eigenvalue weighted by molar-refractivity contribution is -0.431. The lowest BCUT2D eigenvalue weighted by atomic mass is 9.68. The largest absolute Gasteiger partial charge is 0.527 e. The van der Waals surface area contributed by atoms with Crippen molar-refractivity contribution in [2.45, 2.75) is 95.6 Å². The van der Waals surface area contributed by atoms with Gasteiger partial charge < -0.3 is 4.74 Å². The van der Waals surface area contributed by atoms with Crippen LogP contribution in [0.4, 0.5) is 48.3 Å². The summed E-state index contributed by atoms with van der Waals surface area (Å²) < 4.78 is 162. The zero-order valence-electron chi connectivity index (χ0n) is 26.5. The summed E-state index contributed by atoms with van der Waals surface area (Å²) in [5.41, 5.74) is -4.13. The molecule has 0 radical (unpaired) electrons. The molecule has 0 unspecified atom stereocenters. The SMILES string of the molecule is CCCC1CCC(C2CCC(c3cc(F)c(C(F)(F)Oc4cc(F)c(-c5ccc(C(F)(F)OC(F)(F)F)cc5)c(F)c4)c(F)c3)CC2)CC1. The number of hydrogen-bond acceptors (Lipinski definition) is 2. The molecule has 268 valence electrons. The molecule has 2 nitrogen and oxygen atoms in total. The van der Waals surface area contributed by atoms with Gasteiger partial charge in [0.25, 0.3) is 0 Å². The van der Waals surface area contributed by atoms with Gasteiger partial charge in [0, 0.05) is 12.1 Å². The first kappa shape index (κ1) is 36.9. The van der Waals surface area contributed by atoms with Crippen molar-refractivity contribution in [3.63, 3.8) is 0 Å². The summed E-state index contributed by atoms with van der Waals surface area (Å²) >= 11 is 0. The van der Waals surface area contributed by atoms with Crippen molar-refractivity contribution < 1.29 is 57.8 Å². The highest BCUT2D eigenvalue weighted by molar-refractivity contribution is 5.66. The van der Waals surface area contributed by atoms with Crippen molar-refractivity contribution in [1.82, 2.24) is 0 Å². The lowest BCUT2D eigenvalue weighted by Crippen LogP contribution is -2.27. The summed E-state index contributed by atoms with van der Waals surface area (Å²) in [6.07, 6.45) is -4.85. The third-order valence-electron chi connectivity index (χ3n) is 9.87. The monoisotopic (exact) mass is 708 g/mol. The van der Waals surface area contributed by atoms with E-state index in [-0.39, 0.29) is 11.5 Å². The summed E-state index contributed by atoms with van der Waals surface area (Å²) in [6.45, 7) is 2.19. The minimum atomic E-state index is -5.68. The Morgan fingerprint density at radius 3 is 1.63 bits per heavy atom. The summed E-state index contributed by atoms with van der Waals surface area (Å²) in [7, 11) is 0. The third-order valence-corrected chi connectivity index (χ3v) is 9.87. The van der Waals surface area contributed by atoms with Gasteiger partial charge in [-0.05, 0) is 97.6 Å². The van der Waals surface area contributed by atoms with Gasteiger partial charge in [-0.3, -0.25) is 0 Å². The number of alkyl halides is 7. The van der Waals surface area contributed by atoms with Crippen LogP contribution in [0.15, 0.2) is 48.5 Å². The van der Waals surface area contributed by atoms with Gasteiger partial charge >= 0.3 is 18.6 Å². The Labute approximate surface area is 276 Å². The number of rotatable bonds is 10. The van der Waals surface area contributed by atoms with E-state index in [4.69, 9.17) is 0 Å². The van der Waals surface area contributed by atoms with Crippen molar-refractivity contribution >= 4 is 0 Å². The fraction of sp³-hybridized carbons (Fsp3) is 0.500. The van der Waals surface area contributed by atoms with E-state index in [9.17, 15) is 30.7 Å². The summed E-state index contributed by atoms with van der Waals surface area (Å²) in [4.78, 5) is 0. The normalized spacial score (nSPS) is 22.3. The van der Waals surface area contributed by atoms with Gasteiger partial charge in [0.05, 0.1) is 11.1 Å². The summed E-state index contributed by atoms with van der Waals surface area (Å²) in [5, 5.41) is 0. The van der Waals surface area contributed by atoms with E-state index in [1.165, 1.54) is 38.5 Å². The van der Waals surface area contributed by atoms with Gasteiger partial charge in [0.15, 0.2) is 0 Å². The van der Waals surface area contributed by atoms with Crippen LogP contribution in [0.1, 0.15) is 93.7 Å². The molecule has 0 N–H and O–H groups in total. The molecule has 49 heavy (non-hydrogen) atoms. The average molecular weight is 709 g/mol. The lowest BCUT2D eigenvalue weighted by Gasteiger charge is -2.38. The van der Waals surface area contributed by atoms with Crippen molar-refractivity contribution in [1.29, 1.82) is 0 Å². The van der Waals surface area contributed by atoms with Crippen LogP contribution in [0.2, 0.25) is 0 Å². The first-order valence-corrected chi connectivity index (χ1v) is 16.3. The predicted molar refractivity (Wildman–Crippen MR) is 159 cm³/mol. The Hall–Kier alpha value is -3.35. The highest BCUT2D eigenvalue weighted by Crippen LogP contribution is 2.46. The first-order chi connectivity index (χ1) is 23.0. The van der Waals surface area contributed by atoms with Crippen LogP contribution in [0.5, 0.6) is 5.75 Å². The quantitative estimate of drug-likeness (QED) is 0.195. The molecule has 2 aliphatic rings. The Bertz CT molecular complexity index is 1540. The molecule has 5 rings (SSSR count). The van der Waals surface area contributed by atoms with E-state index in [1.54, 1.807) is 0 Å². The maximum Gasteiger partial charge on any atom is 0.527 e. The third kappa shape index (κ3) is 8.69. The van der Waals surface area contributed by atoms with Crippen LogP contribution < -0.4 is 4.74 Å². The molecule has 13 heteroatoms. The van der Waals surface area contributed by atoms with E-state index in [0.717, 1.165) is 30.9 Å². The van der Waals surface area contributed by atoms with E-state index >= 15 is 17.6 Å². The van der Waals surface area contributed by atoms with Crippen LogP contribution in [-0.2, 0) is 17.0 Å². The van der Waals surface area contributed by atoms with Crippen LogP contribution in [0.3, 0.4) is 0 Å². The van der Waals surface area contributed by atoms with Gasteiger partial charge in [0.1, 0.15) is 34.6 Å².